The lowest BCUT2D eigenvalue weighted by Gasteiger charge is -2.13. The summed E-state index contributed by atoms with van der Waals surface area (Å²) in [6.45, 7) is 3.36. The highest BCUT2D eigenvalue weighted by Gasteiger charge is 2.14. The molecule has 0 saturated carbocycles. The number of rotatable bonds is 8. The Bertz CT molecular complexity index is 1120. The topological polar surface area (TPSA) is 111 Å². The zero-order valence-electron chi connectivity index (χ0n) is 17.1. The number of aromatic carboxylic acids is 1. The van der Waals surface area contributed by atoms with Crippen LogP contribution in [-0.2, 0) is 6.61 Å². The second kappa shape index (κ2) is 9.82. The fourth-order valence-corrected chi connectivity index (χ4v) is 2.62. The SMILES string of the molecule is CC(C)Oc1cc(C(=O)Nc2ccc(C(=O)O)cn2)cc(OCc2cc(F)cc(F)c2)n1. The third kappa shape index (κ3) is 6.21. The van der Waals surface area contributed by atoms with Crippen LogP contribution in [0.2, 0.25) is 0 Å². The normalized spacial score (nSPS) is 10.7. The van der Waals surface area contributed by atoms with Crippen LogP contribution in [0.4, 0.5) is 14.6 Å². The molecule has 0 fully saturated rings. The summed E-state index contributed by atoms with van der Waals surface area (Å²) >= 11 is 0. The van der Waals surface area contributed by atoms with Crippen molar-refractivity contribution in [1.82, 2.24) is 9.97 Å². The van der Waals surface area contributed by atoms with Crippen molar-refractivity contribution in [2.24, 2.45) is 0 Å². The smallest absolute Gasteiger partial charge is 0.337 e. The van der Waals surface area contributed by atoms with Crippen molar-refractivity contribution in [2.45, 2.75) is 26.6 Å². The van der Waals surface area contributed by atoms with Crippen LogP contribution >= 0.6 is 0 Å². The highest BCUT2D eigenvalue weighted by Crippen LogP contribution is 2.21. The maximum atomic E-state index is 13.4. The zero-order valence-corrected chi connectivity index (χ0v) is 17.1. The van der Waals surface area contributed by atoms with E-state index in [4.69, 9.17) is 14.6 Å². The number of nitrogens with zero attached hydrogens (tertiary/aromatic N) is 2. The molecule has 1 aromatic carbocycles. The summed E-state index contributed by atoms with van der Waals surface area (Å²) in [6, 6.07) is 8.38. The third-order valence-electron chi connectivity index (χ3n) is 3.96. The van der Waals surface area contributed by atoms with Crippen LogP contribution in [0, 0.1) is 11.6 Å². The van der Waals surface area contributed by atoms with E-state index in [1.165, 1.54) is 24.3 Å². The Balaban J connectivity index is 1.80. The Kier molecular flexibility index (Phi) is 6.93. The number of amides is 1. The van der Waals surface area contributed by atoms with Crippen LogP contribution in [0.15, 0.2) is 48.7 Å². The fourth-order valence-electron chi connectivity index (χ4n) is 2.62. The number of carboxylic acids is 1. The maximum Gasteiger partial charge on any atom is 0.337 e. The number of carbonyl (C=O) groups is 2. The molecule has 2 aromatic heterocycles. The Morgan fingerprint density at radius 2 is 1.72 bits per heavy atom. The minimum atomic E-state index is -1.14. The Hall–Kier alpha value is -4.08. The van der Waals surface area contributed by atoms with Gasteiger partial charge in [-0.25, -0.2) is 18.6 Å². The zero-order chi connectivity index (χ0) is 23.3. The van der Waals surface area contributed by atoms with Gasteiger partial charge < -0.3 is 19.9 Å². The monoisotopic (exact) mass is 443 g/mol. The first kappa shape index (κ1) is 22.6. The Morgan fingerprint density at radius 3 is 2.31 bits per heavy atom. The van der Waals surface area contributed by atoms with Crippen molar-refractivity contribution in [3.63, 3.8) is 0 Å². The van der Waals surface area contributed by atoms with Crippen LogP contribution in [0.25, 0.3) is 0 Å². The number of aromatic nitrogens is 2. The van der Waals surface area contributed by atoms with Gasteiger partial charge in [0.2, 0.25) is 11.8 Å². The summed E-state index contributed by atoms with van der Waals surface area (Å²) in [4.78, 5) is 31.6. The van der Waals surface area contributed by atoms with Crippen molar-refractivity contribution in [1.29, 1.82) is 0 Å². The van der Waals surface area contributed by atoms with Gasteiger partial charge in [-0.05, 0) is 43.7 Å². The number of anilines is 1. The summed E-state index contributed by atoms with van der Waals surface area (Å²) in [5.41, 5.74) is 0.345. The standard InChI is InChI=1S/C22H19F2N3O5/c1-12(2)32-20-8-15(21(28)26-18-4-3-14(10-25-18)22(29)30)7-19(27-20)31-11-13-5-16(23)9-17(24)6-13/h3-10,12H,11H2,1-2H3,(H,29,30)(H,25,26,28). The van der Waals surface area contributed by atoms with Crippen LogP contribution < -0.4 is 14.8 Å². The molecule has 0 bridgehead atoms. The van der Waals surface area contributed by atoms with Gasteiger partial charge in [0.15, 0.2) is 0 Å². The number of carboxylic acid groups (broad SMARTS) is 1. The first-order chi connectivity index (χ1) is 15.2. The summed E-state index contributed by atoms with van der Waals surface area (Å²) in [6.07, 6.45) is 0.876. The van der Waals surface area contributed by atoms with Crippen molar-refractivity contribution in [3.05, 3.63) is 77.0 Å². The molecule has 2 N–H and O–H groups in total. The molecule has 166 valence electrons. The average molecular weight is 443 g/mol. The van der Waals surface area contributed by atoms with Gasteiger partial charge in [-0.3, -0.25) is 4.79 Å². The lowest BCUT2D eigenvalue weighted by molar-refractivity contribution is 0.0696. The molecule has 3 rings (SSSR count). The van der Waals surface area contributed by atoms with Crippen molar-refractivity contribution in [2.75, 3.05) is 5.32 Å². The molecule has 0 unspecified atom stereocenters. The minimum Gasteiger partial charge on any atom is -0.478 e. The highest BCUT2D eigenvalue weighted by atomic mass is 19.1. The van der Waals surface area contributed by atoms with Gasteiger partial charge in [0.05, 0.1) is 17.2 Å². The van der Waals surface area contributed by atoms with E-state index >= 15 is 0 Å². The molecule has 0 atom stereocenters. The predicted molar refractivity (Wildman–Crippen MR) is 110 cm³/mol. The number of ether oxygens (including phenoxy) is 2. The first-order valence-electron chi connectivity index (χ1n) is 9.47. The maximum absolute atomic E-state index is 13.4. The molecule has 32 heavy (non-hydrogen) atoms. The third-order valence-corrected chi connectivity index (χ3v) is 3.96. The van der Waals surface area contributed by atoms with Crippen LogP contribution in [0.1, 0.15) is 40.1 Å². The summed E-state index contributed by atoms with van der Waals surface area (Å²) in [5, 5.41) is 11.5. The van der Waals surface area contributed by atoms with E-state index < -0.39 is 23.5 Å². The van der Waals surface area contributed by atoms with E-state index in [1.807, 2.05) is 0 Å². The molecule has 0 aliphatic rings. The predicted octanol–water partition coefficient (Wildman–Crippen LogP) is 4.07. The molecule has 0 aliphatic heterocycles. The number of carbonyl (C=O) groups excluding carboxylic acids is 1. The van der Waals surface area contributed by atoms with E-state index in [1.54, 1.807) is 13.8 Å². The number of benzene rings is 1. The van der Waals surface area contributed by atoms with E-state index in [0.29, 0.717) is 0 Å². The number of halogens is 2. The van der Waals surface area contributed by atoms with E-state index in [-0.39, 0.29) is 47.0 Å². The second-order valence-electron chi connectivity index (χ2n) is 6.96. The molecule has 2 heterocycles. The van der Waals surface area contributed by atoms with Gasteiger partial charge in [-0.15, -0.1) is 0 Å². The van der Waals surface area contributed by atoms with Gasteiger partial charge in [-0.2, -0.15) is 4.98 Å². The number of pyridine rings is 2. The van der Waals surface area contributed by atoms with Crippen molar-refractivity contribution >= 4 is 17.7 Å². The fraction of sp³-hybridized carbons (Fsp3) is 0.182. The molecule has 0 aliphatic carbocycles. The molecule has 8 nitrogen and oxygen atoms in total. The van der Waals surface area contributed by atoms with Crippen molar-refractivity contribution < 1.29 is 33.0 Å². The Labute approximate surface area is 181 Å². The molecule has 0 radical (unpaired) electrons. The van der Waals surface area contributed by atoms with Crippen molar-refractivity contribution in [3.8, 4) is 11.8 Å². The van der Waals surface area contributed by atoms with E-state index in [9.17, 15) is 18.4 Å². The van der Waals surface area contributed by atoms with Crippen LogP contribution in [-0.4, -0.2) is 33.1 Å². The van der Waals surface area contributed by atoms with Crippen LogP contribution in [0.5, 0.6) is 11.8 Å². The molecule has 10 heteroatoms. The minimum absolute atomic E-state index is 0.00662. The number of hydrogen-bond donors (Lipinski definition) is 2. The lowest BCUT2D eigenvalue weighted by atomic mass is 10.2. The number of nitrogens with one attached hydrogen (secondary N) is 1. The van der Waals surface area contributed by atoms with Gasteiger partial charge >= 0.3 is 5.97 Å². The number of hydrogen-bond acceptors (Lipinski definition) is 6. The van der Waals surface area contributed by atoms with Gasteiger partial charge in [0.25, 0.3) is 5.91 Å². The first-order valence-corrected chi connectivity index (χ1v) is 9.47. The quantitative estimate of drug-likeness (QED) is 0.540. The van der Waals surface area contributed by atoms with E-state index in [2.05, 4.69) is 15.3 Å². The lowest BCUT2D eigenvalue weighted by Crippen LogP contribution is -2.15. The second-order valence-corrected chi connectivity index (χ2v) is 6.96. The molecular formula is C22H19F2N3O5. The molecule has 0 saturated heterocycles. The molecule has 3 aromatic rings. The molecule has 1 amide bonds. The highest BCUT2D eigenvalue weighted by molar-refractivity contribution is 6.04. The largest absolute Gasteiger partial charge is 0.478 e. The summed E-state index contributed by atoms with van der Waals surface area (Å²) < 4.78 is 37.8. The summed E-state index contributed by atoms with van der Waals surface area (Å²) in [5.74, 6) is -2.93. The molecular weight excluding hydrogens is 424 g/mol. The summed E-state index contributed by atoms with van der Waals surface area (Å²) in [7, 11) is 0. The van der Waals surface area contributed by atoms with Gasteiger partial charge in [0, 0.05) is 24.4 Å². The van der Waals surface area contributed by atoms with Crippen LogP contribution in [0.3, 0.4) is 0 Å². The Morgan fingerprint density at radius 1 is 1.03 bits per heavy atom. The van der Waals surface area contributed by atoms with E-state index in [0.717, 1.165) is 24.4 Å². The average Bonchev–Trinajstić information content (AvgIpc) is 2.71. The van der Waals surface area contributed by atoms with Gasteiger partial charge in [-0.1, -0.05) is 0 Å². The van der Waals surface area contributed by atoms with Gasteiger partial charge in [0.1, 0.15) is 24.1 Å². The molecule has 0 spiro atoms.